The molecule has 1 atom stereocenters. The van der Waals surface area contributed by atoms with Gasteiger partial charge in [0.2, 0.25) is 0 Å². The molecule has 0 fully saturated rings. The molecule has 1 aromatic carbocycles. The van der Waals surface area contributed by atoms with Crippen LogP contribution in [0.2, 0.25) is 5.15 Å². The maximum absolute atomic E-state index is 12.0. The van der Waals surface area contributed by atoms with Crippen LogP contribution in [0.5, 0.6) is 0 Å². The van der Waals surface area contributed by atoms with Crippen LogP contribution in [0.4, 0.5) is 0 Å². The Bertz CT molecular complexity index is 589. The molecule has 0 bridgehead atoms. The molecule has 0 spiro atoms. The topological polar surface area (TPSA) is 54.9 Å². The molecule has 0 radical (unpaired) electrons. The first-order chi connectivity index (χ1) is 9.08. The van der Waals surface area contributed by atoms with Crippen molar-refractivity contribution in [1.29, 1.82) is 0 Å². The number of benzene rings is 1. The molecular formula is C13H11BrClN3O. The Labute approximate surface area is 124 Å². The molecule has 6 heteroatoms. The Morgan fingerprint density at radius 3 is 2.63 bits per heavy atom. The quantitative estimate of drug-likeness (QED) is 0.932. The van der Waals surface area contributed by atoms with E-state index in [1.807, 2.05) is 31.2 Å². The minimum Gasteiger partial charge on any atom is -0.344 e. The zero-order valence-corrected chi connectivity index (χ0v) is 12.4. The molecule has 1 N–H and O–H groups in total. The summed E-state index contributed by atoms with van der Waals surface area (Å²) in [6.45, 7) is 1.90. The predicted molar refractivity (Wildman–Crippen MR) is 77.1 cm³/mol. The summed E-state index contributed by atoms with van der Waals surface area (Å²) in [6.07, 6.45) is 0. The summed E-state index contributed by atoms with van der Waals surface area (Å²) < 4.78 is 0.949. The van der Waals surface area contributed by atoms with Crippen molar-refractivity contribution in [1.82, 2.24) is 15.5 Å². The maximum Gasteiger partial charge on any atom is 0.272 e. The lowest BCUT2D eigenvalue weighted by molar-refractivity contribution is 0.0933. The largest absolute Gasteiger partial charge is 0.344 e. The van der Waals surface area contributed by atoms with E-state index in [0.717, 1.165) is 10.0 Å². The number of rotatable bonds is 3. The number of hydrogen-bond acceptors (Lipinski definition) is 3. The third-order valence-electron chi connectivity index (χ3n) is 2.58. The van der Waals surface area contributed by atoms with Gasteiger partial charge in [0, 0.05) is 4.47 Å². The van der Waals surface area contributed by atoms with Crippen LogP contribution in [0.3, 0.4) is 0 Å². The van der Waals surface area contributed by atoms with Crippen molar-refractivity contribution >= 4 is 33.4 Å². The highest BCUT2D eigenvalue weighted by Gasteiger charge is 2.14. The number of nitrogens with one attached hydrogen (secondary N) is 1. The molecular weight excluding hydrogens is 330 g/mol. The normalized spacial score (nSPS) is 11.9. The van der Waals surface area contributed by atoms with Gasteiger partial charge in [-0.05, 0) is 30.7 Å². The summed E-state index contributed by atoms with van der Waals surface area (Å²) in [4.78, 5) is 12.0. The Hall–Kier alpha value is -1.46. The van der Waals surface area contributed by atoms with Crippen molar-refractivity contribution in [3.05, 3.63) is 57.3 Å². The summed E-state index contributed by atoms with van der Waals surface area (Å²) in [5, 5.41) is 10.5. The third-order valence-corrected chi connectivity index (χ3v) is 3.51. The van der Waals surface area contributed by atoms with E-state index in [-0.39, 0.29) is 22.8 Å². The fourth-order valence-electron chi connectivity index (χ4n) is 1.61. The molecule has 1 amide bonds. The number of halogens is 2. The monoisotopic (exact) mass is 339 g/mol. The first kappa shape index (κ1) is 14.0. The number of nitrogens with zero attached hydrogens (tertiary/aromatic N) is 2. The molecule has 1 aromatic heterocycles. The second kappa shape index (κ2) is 6.12. The van der Waals surface area contributed by atoms with Gasteiger partial charge in [0.05, 0.1) is 6.04 Å². The smallest absolute Gasteiger partial charge is 0.272 e. The number of hydrogen-bond donors (Lipinski definition) is 1. The zero-order valence-electron chi connectivity index (χ0n) is 10.1. The molecule has 98 valence electrons. The van der Waals surface area contributed by atoms with Crippen LogP contribution < -0.4 is 5.32 Å². The number of amides is 1. The molecule has 4 nitrogen and oxygen atoms in total. The average molecular weight is 341 g/mol. The van der Waals surface area contributed by atoms with Gasteiger partial charge in [0.1, 0.15) is 0 Å². The molecule has 1 heterocycles. The van der Waals surface area contributed by atoms with E-state index in [9.17, 15) is 4.79 Å². The Morgan fingerprint density at radius 2 is 2.00 bits per heavy atom. The lowest BCUT2D eigenvalue weighted by Crippen LogP contribution is -2.27. The SMILES string of the molecule is CC(NC(=O)c1ccc(Cl)nn1)c1ccccc1Br. The van der Waals surface area contributed by atoms with Crippen LogP contribution in [-0.4, -0.2) is 16.1 Å². The summed E-state index contributed by atoms with van der Waals surface area (Å²) >= 11 is 9.08. The number of carbonyl (C=O) groups excluding carboxylic acids is 1. The summed E-state index contributed by atoms with van der Waals surface area (Å²) in [7, 11) is 0. The lowest BCUT2D eigenvalue weighted by Gasteiger charge is -2.15. The summed E-state index contributed by atoms with van der Waals surface area (Å²) in [5.41, 5.74) is 1.24. The number of aromatic nitrogens is 2. The molecule has 1 unspecified atom stereocenters. The summed E-state index contributed by atoms with van der Waals surface area (Å²) in [5.74, 6) is -0.285. The highest BCUT2D eigenvalue weighted by atomic mass is 79.9. The molecule has 2 rings (SSSR count). The minimum absolute atomic E-state index is 0.138. The van der Waals surface area contributed by atoms with Crippen molar-refractivity contribution < 1.29 is 4.79 Å². The molecule has 2 aromatic rings. The Kier molecular flexibility index (Phi) is 4.50. The van der Waals surface area contributed by atoms with Crippen LogP contribution in [0.15, 0.2) is 40.9 Å². The Morgan fingerprint density at radius 1 is 1.26 bits per heavy atom. The van der Waals surface area contributed by atoms with E-state index in [0.29, 0.717) is 0 Å². The van der Waals surface area contributed by atoms with Crippen LogP contribution in [0.1, 0.15) is 29.0 Å². The first-order valence-corrected chi connectivity index (χ1v) is 6.79. The van der Waals surface area contributed by atoms with E-state index < -0.39 is 0 Å². The van der Waals surface area contributed by atoms with E-state index in [1.54, 1.807) is 0 Å². The van der Waals surface area contributed by atoms with E-state index >= 15 is 0 Å². The zero-order chi connectivity index (χ0) is 13.8. The fraction of sp³-hybridized carbons (Fsp3) is 0.154. The average Bonchev–Trinajstić information content (AvgIpc) is 2.39. The second-order valence-electron chi connectivity index (χ2n) is 3.96. The fourth-order valence-corrected chi connectivity index (χ4v) is 2.34. The van der Waals surface area contributed by atoms with Gasteiger partial charge in [-0.3, -0.25) is 4.79 Å². The van der Waals surface area contributed by atoms with Crippen molar-refractivity contribution in [2.24, 2.45) is 0 Å². The van der Waals surface area contributed by atoms with E-state index in [4.69, 9.17) is 11.6 Å². The highest BCUT2D eigenvalue weighted by molar-refractivity contribution is 9.10. The van der Waals surface area contributed by atoms with Gasteiger partial charge in [-0.15, -0.1) is 10.2 Å². The molecule has 0 saturated carbocycles. The minimum atomic E-state index is -0.285. The van der Waals surface area contributed by atoms with Gasteiger partial charge >= 0.3 is 0 Å². The second-order valence-corrected chi connectivity index (χ2v) is 5.20. The van der Waals surface area contributed by atoms with Gasteiger partial charge in [-0.25, -0.2) is 0 Å². The summed E-state index contributed by atoms with van der Waals surface area (Å²) in [6, 6.07) is 10.7. The van der Waals surface area contributed by atoms with Crippen LogP contribution in [0, 0.1) is 0 Å². The van der Waals surface area contributed by atoms with Crippen molar-refractivity contribution in [2.75, 3.05) is 0 Å². The lowest BCUT2D eigenvalue weighted by atomic mass is 10.1. The van der Waals surface area contributed by atoms with E-state index in [2.05, 4.69) is 31.4 Å². The van der Waals surface area contributed by atoms with Gasteiger partial charge in [0.15, 0.2) is 10.8 Å². The number of carbonyl (C=O) groups is 1. The predicted octanol–water partition coefficient (Wildman–Crippen LogP) is 3.38. The molecule has 0 aliphatic rings. The van der Waals surface area contributed by atoms with Crippen molar-refractivity contribution in [2.45, 2.75) is 13.0 Å². The van der Waals surface area contributed by atoms with E-state index in [1.165, 1.54) is 12.1 Å². The standard InChI is InChI=1S/C13H11BrClN3O/c1-8(9-4-2-3-5-10(9)14)16-13(19)11-6-7-12(15)18-17-11/h2-8H,1H3,(H,16,19). The Balaban J connectivity index is 2.11. The molecule has 19 heavy (non-hydrogen) atoms. The highest BCUT2D eigenvalue weighted by Crippen LogP contribution is 2.22. The van der Waals surface area contributed by atoms with Crippen molar-refractivity contribution in [3.63, 3.8) is 0 Å². The molecule has 0 aliphatic carbocycles. The first-order valence-electron chi connectivity index (χ1n) is 5.62. The molecule has 0 aliphatic heterocycles. The van der Waals surface area contributed by atoms with Gasteiger partial charge < -0.3 is 5.32 Å². The van der Waals surface area contributed by atoms with Crippen LogP contribution in [-0.2, 0) is 0 Å². The van der Waals surface area contributed by atoms with Gasteiger partial charge in [-0.2, -0.15) is 0 Å². The maximum atomic E-state index is 12.0. The van der Waals surface area contributed by atoms with Crippen molar-refractivity contribution in [3.8, 4) is 0 Å². The van der Waals surface area contributed by atoms with Crippen LogP contribution in [0.25, 0.3) is 0 Å². The third kappa shape index (κ3) is 3.52. The molecule has 0 saturated heterocycles. The van der Waals surface area contributed by atoms with Crippen LogP contribution >= 0.6 is 27.5 Å². The van der Waals surface area contributed by atoms with Gasteiger partial charge in [0.25, 0.3) is 5.91 Å². The van der Waals surface area contributed by atoms with Gasteiger partial charge in [-0.1, -0.05) is 45.7 Å².